The van der Waals surface area contributed by atoms with Crippen LogP contribution in [0.15, 0.2) is 0 Å². The summed E-state index contributed by atoms with van der Waals surface area (Å²) in [5.41, 5.74) is 0.521. The van der Waals surface area contributed by atoms with Gasteiger partial charge in [-0.1, -0.05) is 12.8 Å². The Labute approximate surface area is 69.0 Å². The second kappa shape index (κ2) is 2.76. The summed E-state index contributed by atoms with van der Waals surface area (Å²) >= 11 is 0. The number of likely N-dealkylation sites (N-methyl/N-ethyl adjacent to an activating group) is 1. The lowest BCUT2D eigenvalue weighted by Gasteiger charge is -2.39. The zero-order valence-corrected chi connectivity index (χ0v) is 7.40. The largest absolute Gasteiger partial charge is 0.309 e. The molecule has 1 heterocycles. The molecule has 2 heteroatoms. The zero-order valence-electron chi connectivity index (χ0n) is 7.40. The molecule has 1 aliphatic carbocycles. The standard InChI is InChI=1S/C9H18N2/c1-11-7-6-10-9(8-11)4-2-3-5-9/h10H,2-8H2,1H3. The second-order valence-electron chi connectivity index (χ2n) is 4.15. The van der Waals surface area contributed by atoms with E-state index in [2.05, 4.69) is 17.3 Å². The number of hydrogen-bond acceptors (Lipinski definition) is 2. The molecule has 0 atom stereocenters. The molecular formula is C9H18N2. The molecule has 1 saturated carbocycles. The summed E-state index contributed by atoms with van der Waals surface area (Å²) in [5, 5.41) is 3.68. The first-order chi connectivity index (χ1) is 5.31. The van der Waals surface area contributed by atoms with E-state index in [4.69, 9.17) is 0 Å². The number of nitrogens with one attached hydrogen (secondary N) is 1. The van der Waals surface area contributed by atoms with Gasteiger partial charge in [0.1, 0.15) is 0 Å². The minimum absolute atomic E-state index is 0.521. The van der Waals surface area contributed by atoms with Gasteiger partial charge in [-0.3, -0.25) is 0 Å². The van der Waals surface area contributed by atoms with Gasteiger partial charge in [-0.2, -0.15) is 0 Å². The Morgan fingerprint density at radius 3 is 2.64 bits per heavy atom. The Morgan fingerprint density at radius 2 is 2.00 bits per heavy atom. The van der Waals surface area contributed by atoms with Gasteiger partial charge in [0.15, 0.2) is 0 Å². The minimum atomic E-state index is 0.521. The van der Waals surface area contributed by atoms with E-state index in [1.165, 1.54) is 45.3 Å². The zero-order chi connectivity index (χ0) is 7.73. The van der Waals surface area contributed by atoms with Gasteiger partial charge in [-0.15, -0.1) is 0 Å². The van der Waals surface area contributed by atoms with Gasteiger partial charge >= 0.3 is 0 Å². The van der Waals surface area contributed by atoms with E-state index in [9.17, 15) is 0 Å². The van der Waals surface area contributed by atoms with Crippen molar-refractivity contribution in [2.24, 2.45) is 0 Å². The Morgan fingerprint density at radius 1 is 1.27 bits per heavy atom. The van der Waals surface area contributed by atoms with Crippen molar-refractivity contribution in [1.82, 2.24) is 10.2 Å². The number of nitrogens with zero attached hydrogens (tertiary/aromatic N) is 1. The van der Waals surface area contributed by atoms with Gasteiger partial charge in [0.25, 0.3) is 0 Å². The summed E-state index contributed by atoms with van der Waals surface area (Å²) in [6.07, 6.45) is 5.66. The smallest absolute Gasteiger partial charge is 0.0309 e. The average Bonchev–Trinajstić information content (AvgIpc) is 2.37. The topological polar surface area (TPSA) is 15.3 Å². The van der Waals surface area contributed by atoms with E-state index in [1.807, 2.05) is 0 Å². The van der Waals surface area contributed by atoms with Crippen LogP contribution in [0.25, 0.3) is 0 Å². The number of hydrogen-bond donors (Lipinski definition) is 1. The average molecular weight is 154 g/mol. The van der Waals surface area contributed by atoms with Crippen LogP contribution in [0.4, 0.5) is 0 Å². The van der Waals surface area contributed by atoms with Crippen molar-refractivity contribution in [3.05, 3.63) is 0 Å². The van der Waals surface area contributed by atoms with E-state index in [1.54, 1.807) is 0 Å². The van der Waals surface area contributed by atoms with Gasteiger partial charge < -0.3 is 10.2 Å². The molecule has 2 rings (SSSR count). The number of piperazine rings is 1. The van der Waals surface area contributed by atoms with Crippen molar-refractivity contribution in [1.29, 1.82) is 0 Å². The number of rotatable bonds is 0. The third-order valence-corrected chi connectivity index (χ3v) is 3.13. The molecule has 0 aromatic rings. The van der Waals surface area contributed by atoms with E-state index in [0.717, 1.165) is 0 Å². The maximum Gasteiger partial charge on any atom is 0.0309 e. The molecule has 1 saturated heterocycles. The monoisotopic (exact) mass is 154 g/mol. The second-order valence-corrected chi connectivity index (χ2v) is 4.15. The van der Waals surface area contributed by atoms with Gasteiger partial charge in [-0.25, -0.2) is 0 Å². The van der Waals surface area contributed by atoms with Crippen molar-refractivity contribution in [3.63, 3.8) is 0 Å². The Bertz CT molecular complexity index is 138. The summed E-state index contributed by atoms with van der Waals surface area (Å²) in [6.45, 7) is 3.69. The van der Waals surface area contributed by atoms with Gasteiger partial charge in [0.05, 0.1) is 0 Å². The maximum atomic E-state index is 3.68. The Balaban J connectivity index is 2.00. The SMILES string of the molecule is CN1CCNC2(CCCC2)C1. The third-order valence-electron chi connectivity index (χ3n) is 3.13. The highest BCUT2D eigenvalue weighted by molar-refractivity contribution is 4.97. The van der Waals surface area contributed by atoms with E-state index in [-0.39, 0.29) is 0 Å². The molecule has 0 aromatic heterocycles. The first kappa shape index (κ1) is 7.56. The van der Waals surface area contributed by atoms with Crippen LogP contribution in [-0.4, -0.2) is 37.1 Å². The predicted molar refractivity (Wildman–Crippen MR) is 46.7 cm³/mol. The van der Waals surface area contributed by atoms with Crippen LogP contribution in [-0.2, 0) is 0 Å². The van der Waals surface area contributed by atoms with Crippen LogP contribution in [0.2, 0.25) is 0 Å². The molecule has 2 nitrogen and oxygen atoms in total. The lowest BCUT2D eigenvalue weighted by atomic mass is 9.95. The highest BCUT2D eigenvalue weighted by atomic mass is 15.2. The van der Waals surface area contributed by atoms with Crippen LogP contribution < -0.4 is 5.32 Å². The van der Waals surface area contributed by atoms with Gasteiger partial charge in [-0.05, 0) is 19.9 Å². The molecule has 2 fully saturated rings. The van der Waals surface area contributed by atoms with E-state index >= 15 is 0 Å². The van der Waals surface area contributed by atoms with Gasteiger partial charge in [0.2, 0.25) is 0 Å². The predicted octanol–water partition coefficient (Wildman–Crippen LogP) is 0.834. The van der Waals surface area contributed by atoms with Crippen LogP contribution >= 0.6 is 0 Å². The molecule has 1 N–H and O–H groups in total. The van der Waals surface area contributed by atoms with Crippen molar-refractivity contribution in [2.45, 2.75) is 31.2 Å². The Kier molecular flexibility index (Phi) is 1.90. The van der Waals surface area contributed by atoms with Crippen LogP contribution in [0, 0.1) is 0 Å². The summed E-state index contributed by atoms with van der Waals surface area (Å²) in [6, 6.07) is 0. The van der Waals surface area contributed by atoms with Crippen molar-refractivity contribution < 1.29 is 0 Å². The van der Waals surface area contributed by atoms with Crippen LogP contribution in [0.5, 0.6) is 0 Å². The summed E-state index contributed by atoms with van der Waals surface area (Å²) in [7, 11) is 2.24. The molecule has 11 heavy (non-hydrogen) atoms. The molecule has 0 amide bonds. The summed E-state index contributed by atoms with van der Waals surface area (Å²) in [4.78, 5) is 2.46. The first-order valence-electron chi connectivity index (χ1n) is 4.74. The lowest BCUT2D eigenvalue weighted by molar-refractivity contribution is 0.161. The first-order valence-corrected chi connectivity index (χ1v) is 4.74. The molecular weight excluding hydrogens is 136 g/mol. The molecule has 0 radical (unpaired) electrons. The molecule has 2 aliphatic rings. The normalized spacial score (nSPS) is 31.4. The van der Waals surface area contributed by atoms with E-state index in [0.29, 0.717) is 5.54 Å². The molecule has 1 aliphatic heterocycles. The molecule has 0 unspecified atom stereocenters. The summed E-state index contributed by atoms with van der Waals surface area (Å²) < 4.78 is 0. The van der Waals surface area contributed by atoms with Gasteiger partial charge in [0, 0.05) is 25.2 Å². The van der Waals surface area contributed by atoms with Crippen LogP contribution in [0.1, 0.15) is 25.7 Å². The highest BCUT2D eigenvalue weighted by Gasteiger charge is 2.36. The quantitative estimate of drug-likeness (QED) is 0.556. The lowest BCUT2D eigenvalue weighted by Crippen LogP contribution is -2.57. The van der Waals surface area contributed by atoms with Crippen LogP contribution in [0.3, 0.4) is 0 Å². The molecule has 64 valence electrons. The van der Waals surface area contributed by atoms with Crippen molar-refractivity contribution in [3.8, 4) is 0 Å². The Hall–Kier alpha value is -0.0800. The maximum absolute atomic E-state index is 3.68. The highest BCUT2D eigenvalue weighted by Crippen LogP contribution is 2.31. The van der Waals surface area contributed by atoms with Crippen molar-refractivity contribution >= 4 is 0 Å². The molecule has 0 aromatic carbocycles. The third kappa shape index (κ3) is 1.42. The fraction of sp³-hybridized carbons (Fsp3) is 1.00. The van der Waals surface area contributed by atoms with Crippen molar-refractivity contribution in [2.75, 3.05) is 26.7 Å². The fourth-order valence-electron chi connectivity index (χ4n) is 2.55. The summed E-state index contributed by atoms with van der Waals surface area (Å²) in [5.74, 6) is 0. The van der Waals surface area contributed by atoms with E-state index < -0.39 is 0 Å². The molecule has 0 bridgehead atoms. The minimum Gasteiger partial charge on any atom is -0.309 e. The molecule has 1 spiro atoms. The fourth-order valence-corrected chi connectivity index (χ4v) is 2.55.